The molecule has 1 N–H and O–H groups in total. The highest BCUT2D eigenvalue weighted by Gasteiger charge is 2.28. The summed E-state index contributed by atoms with van der Waals surface area (Å²) in [6.45, 7) is 10.8. The summed E-state index contributed by atoms with van der Waals surface area (Å²) < 4.78 is 33.8. The summed E-state index contributed by atoms with van der Waals surface area (Å²) in [6, 6.07) is 11.8. The van der Waals surface area contributed by atoms with E-state index < -0.39 is 10.0 Å². The quantitative estimate of drug-likeness (QED) is 0.421. The van der Waals surface area contributed by atoms with Crippen LogP contribution in [0.5, 0.6) is 5.75 Å². The first kappa shape index (κ1) is 28.5. The molecule has 194 valence electrons. The third kappa shape index (κ3) is 7.13. The maximum absolute atomic E-state index is 13.5. The molecule has 2 aromatic carbocycles. The number of sulfonamides is 1. The van der Waals surface area contributed by atoms with Crippen LogP contribution in [0.15, 0.2) is 47.4 Å². The average Bonchev–Trinajstić information content (AvgIpc) is 2.82. The molecular weight excluding hydrogens is 462 g/mol. The van der Waals surface area contributed by atoms with Crippen LogP contribution in [0, 0.1) is 11.8 Å². The van der Waals surface area contributed by atoms with Gasteiger partial charge in [0.1, 0.15) is 5.75 Å². The predicted molar refractivity (Wildman–Crippen MR) is 143 cm³/mol. The number of nitrogens with zero attached hydrogens (tertiary/aromatic N) is 2. The lowest BCUT2D eigenvalue weighted by atomic mass is 9.97. The molecular formula is C27H41N3O4S. The summed E-state index contributed by atoms with van der Waals surface area (Å²) in [5.41, 5.74) is 2.28. The number of hydrogen-bond acceptors (Lipinski definition) is 5. The Kier molecular flexibility index (Phi) is 10.0. The smallest absolute Gasteiger partial charge is 0.261 e. The van der Waals surface area contributed by atoms with Crippen molar-refractivity contribution in [3.63, 3.8) is 0 Å². The van der Waals surface area contributed by atoms with Crippen LogP contribution < -0.4 is 14.4 Å². The van der Waals surface area contributed by atoms with Gasteiger partial charge in [0.2, 0.25) is 5.91 Å². The van der Waals surface area contributed by atoms with Crippen molar-refractivity contribution in [2.45, 2.75) is 64.9 Å². The van der Waals surface area contributed by atoms with E-state index in [9.17, 15) is 13.2 Å². The van der Waals surface area contributed by atoms with Crippen molar-refractivity contribution in [3.8, 4) is 5.75 Å². The minimum Gasteiger partial charge on any atom is -0.497 e. The fraction of sp³-hybridized carbons (Fsp3) is 0.519. The van der Waals surface area contributed by atoms with Gasteiger partial charge in [-0.3, -0.25) is 9.52 Å². The summed E-state index contributed by atoms with van der Waals surface area (Å²) in [5.74, 6) is 0.983. The molecule has 0 fully saturated rings. The van der Waals surface area contributed by atoms with Gasteiger partial charge in [0.05, 0.1) is 12.0 Å². The Bertz CT molecular complexity index is 1080. The van der Waals surface area contributed by atoms with Crippen LogP contribution in [0.3, 0.4) is 0 Å². The summed E-state index contributed by atoms with van der Waals surface area (Å²) in [5, 5.41) is 0. The molecule has 8 heteroatoms. The summed E-state index contributed by atoms with van der Waals surface area (Å²) in [6.07, 6.45) is 1.58. The molecule has 0 aliphatic carbocycles. The molecule has 1 atom stereocenters. The number of carbonyl (C=O) groups is 1. The van der Waals surface area contributed by atoms with Gasteiger partial charge in [0.25, 0.3) is 10.0 Å². The molecule has 0 aromatic heterocycles. The number of anilines is 2. The second kappa shape index (κ2) is 12.3. The van der Waals surface area contributed by atoms with Gasteiger partial charge in [-0.2, -0.15) is 0 Å². The zero-order valence-electron chi connectivity index (χ0n) is 22.3. The number of methoxy groups -OCH3 is 1. The van der Waals surface area contributed by atoms with E-state index in [0.717, 1.165) is 24.1 Å². The lowest BCUT2D eigenvalue weighted by Gasteiger charge is -2.35. The molecule has 0 saturated heterocycles. The van der Waals surface area contributed by atoms with Crippen LogP contribution in [-0.2, 0) is 21.4 Å². The molecule has 0 bridgehead atoms. The van der Waals surface area contributed by atoms with E-state index in [4.69, 9.17) is 4.74 Å². The molecule has 0 saturated carbocycles. The number of carbonyl (C=O) groups excluding carboxylic acids is 1. The number of rotatable bonds is 12. The molecule has 0 radical (unpaired) electrons. The van der Waals surface area contributed by atoms with Crippen molar-refractivity contribution >= 4 is 27.3 Å². The van der Waals surface area contributed by atoms with E-state index in [0.29, 0.717) is 18.0 Å². The third-order valence-corrected chi connectivity index (χ3v) is 8.00. The van der Waals surface area contributed by atoms with Gasteiger partial charge in [-0.15, -0.1) is 0 Å². The van der Waals surface area contributed by atoms with Crippen molar-refractivity contribution in [2.75, 3.05) is 30.8 Å². The summed E-state index contributed by atoms with van der Waals surface area (Å²) in [4.78, 5) is 17.6. The van der Waals surface area contributed by atoms with Crippen LogP contribution in [0.25, 0.3) is 0 Å². The Morgan fingerprint density at radius 3 is 2.09 bits per heavy atom. The maximum Gasteiger partial charge on any atom is 0.261 e. The molecule has 7 nitrogen and oxygen atoms in total. The maximum atomic E-state index is 13.5. The Morgan fingerprint density at radius 2 is 1.60 bits per heavy atom. The van der Waals surface area contributed by atoms with E-state index in [1.165, 1.54) is 19.2 Å². The van der Waals surface area contributed by atoms with Crippen LogP contribution in [0.2, 0.25) is 0 Å². The lowest BCUT2D eigenvalue weighted by molar-refractivity contribution is -0.139. The first-order valence-corrected chi connectivity index (χ1v) is 13.7. The fourth-order valence-electron chi connectivity index (χ4n) is 4.02. The van der Waals surface area contributed by atoms with Crippen LogP contribution in [0.1, 0.15) is 53.0 Å². The Hall–Kier alpha value is -2.74. The monoisotopic (exact) mass is 503 g/mol. The molecule has 35 heavy (non-hydrogen) atoms. The lowest BCUT2D eigenvalue weighted by Crippen LogP contribution is -2.44. The summed E-state index contributed by atoms with van der Waals surface area (Å²) in [7, 11) is 1.64. The normalized spacial score (nSPS) is 12.5. The van der Waals surface area contributed by atoms with E-state index in [1.807, 2.05) is 49.9 Å². The van der Waals surface area contributed by atoms with Gasteiger partial charge in [-0.05, 0) is 73.7 Å². The second-order valence-corrected chi connectivity index (χ2v) is 11.2. The van der Waals surface area contributed by atoms with E-state index in [-0.39, 0.29) is 28.7 Å². The molecule has 1 unspecified atom stereocenters. The summed E-state index contributed by atoms with van der Waals surface area (Å²) >= 11 is 0. The average molecular weight is 504 g/mol. The predicted octanol–water partition coefficient (Wildman–Crippen LogP) is 5.37. The first-order valence-electron chi connectivity index (χ1n) is 12.2. The number of hydrogen-bond donors (Lipinski definition) is 1. The minimum absolute atomic E-state index is 0.0317. The highest BCUT2D eigenvalue weighted by atomic mass is 32.2. The van der Waals surface area contributed by atoms with Gasteiger partial charge in [-0.25, -0.2) is 8.42 Å². The van der Waals surface area contributed by atoms with Crippen molar-refractivity contribution in [1.82, 2.24) is 4.90 Å². The number of ether oxygens (including phenoxy) is 1. The van der Waals surface area contributed by atoms with E-state index in [2.05, 4.69) is 25.5 Å². The molecule has 2 aromatic rings. The van der Waals surface area contributed by atoms with Crippen LogP contribution in [0.4, 0.5) is 11.4 Å². The third-order valence-electron chi connectivity index (χ3n) is 6.60. The molecule has 0 aliphatic rings. The minimum atomic E-state index is -3.78. The van der Waals surface area contributed by atoms with Gasteiger partial charge < -0.3 is 14.5 Å². The standard InChI is InChI=1S/C27H41N3O4S/c1-9-21(10-2)27(31)30(20(5)19(3)4)18-22-17-23(11-16-26(22)29(6)7)28-35(32,33)25-14-12-24(34-8)13-15-25/h11-17,19-21,28H,9-10,18H2,1-8H3. The Balaban J connectivity index is 2.45. The highest BCUT2D eigenvalue weighted by Crippen LogP contribution is 2.29. The largest absolute Gasteiger partial charge is 0.497 e. The number of nitrogens with one attached hydrogen (secondary N) is 1. The van der Waals surface area contributed by atoms with Gasteiger partial charge >= 0.3 is 0 Å². The molecule has 1 amide bonds. The molecule has 0 heterocycles. The van der Waals surface area contributed by atoms with Crippen molar-refractivity contribution < 1.29 is 17.9 Å². The van der Waals surface area contributed by atoms with Crippen LogP contribution >= 0.6 is 0 Å². The topological polar surface area (TPSA) is 79.0 Å². The molecule has 0 aliphatic heterocycles. The number of amides is 1. The second-order valence-electron chi connectivity index (χ2n) is 9.48. The van der Waals surface area contributed by atoms with Crippen molar-refractivity contribution in [2.24, 2.45) is 11.8 Å². The van der Waals surface area contributed by atoms with E-state index >= 15 is 0 Å². The Labute approximate surface area is 211 Å². The highest BCUT2D eigenvalue weighted by molar-refractivity contribution is 7.92. The number of benzene rings is 2. The van der Waals surface area contributed by atoms with Gasteiger partial charge in [-0.1, -0.05) is 27.7 Å². The van der Waals surface area contributed by atoms with Gasteiger partial charge in [0, 0.05) is 44.0 Å². The SMILES string of the molecule is CCC(CC)C(=O)N(Cc1cc(NS(=O)(=O)c2ccc(OC)cc2)ccc1N(C)C)C(C)C(C)C. The molecule has 2 rings (SSSR count). The zero-order chi connectivity index (χ0) is 26.3. The zero-order valence-corrected chi connectivity index (χ0v) is 23.1. The fourth-order valence-corrected chi connectivity index (χ4v) is 5.07. The molecule has 0 spiro atoms. The van der Waals surface area contributed by atoms with Crippen molar-refractivity contribution in [3.05, 3.63) is 48.0 Å². The Morgan fingerprint density at radius 1 is 1.00 bits per heavy atom. The van der Waals surface area contributed by atoms with Crippen molar-refractivity contribution in [1.29, 1.82) is 0 Å². The first-order chi connectivity index (χ1) is 16.4. The van der Waals surface area contributed by atoms with E-state index in [1.54, 1.807) is 18.2 Å². The van der Waals surface area contributed by atoms with Crippen LogP contribution in [-0.4, -0.2) is 46.5 Å². The van der Waals surface area contributed by atoms with Gasteiger partial charge in [0.15, 0.2) is 0 Å².